The Morgan fingerprint density at radius 2 is 1.86 bits per heavy atom. The van der Waals surface area contributed by atoms with Crippen molar-refractivity contribution in [2.24, 2.45) is 5.92 Å². The molecule has 1 fully saturated rings. The molecule has 3 nitrogen and oxygen atoms in total. The molecule has 3 heteroatoms. The zero-order valence-electron chi connectivity index (χ0n) is 14.4. The first-order valence-corrected chi connectivity index (χ1v) is 9.06. The first-order chi connectivity index (χ1) is 10.3. The van der Waals surface area contributed by atoms with E-state index in [1.54, 1.807) is 0 Å². The summed E-state index contributed by atoms with van der Waals surface area (Å²) in [6.45, 7) is 11.0. The van der Waals surface area contributed by atoms with Crippen LogP contribution in [0.1, 0.15) is 82.8 Å². The average molecular weight is 291 g/mol. The molecule has 120 valence electrons. The van der Waals surface area contributed by atoms with Crippen molar-refractivity contribution in [3.63, 3.8) is 0 Å². The van der Waals surface area contributed by atoms with Crippen molar-refractivity contribution in [2.45, 2.75) is 85.2 Å². The maximum atomic E-state index is 5.05. The number of nitrogens with one attached hydrogen (secondary N) is 1. The molecule has 21 heavy (non-hydrogen) atoms. The smallest absolute Gasteiger partial charge is 0.0669 e. The Hall–Kier alpha value is -0.830. The number of aryl methyl sites for hydroxylation is 1. The van der Waals surface area contributed by atoms with Gasteiger partial charge in [-0.15, -0.1) is 0 Å². The first kappa shape index (κ1) is 16.5. The van der Waals surface area contributed by atoms with Crippen molar-refractivity contribution in [1.29, 1.82) is 0 Å². The fourth-order valence-electron chi connectivity index (χ4n) is 3.93. The van der Waals surface area contributed by atoms with E-state index in [2.05, 4.69) is 37.7 Å². The highest BCUT2D eigenvalue weighted by Crippen LogP contribution is 2.37. The third-order valence-corrected chi connectivity index (χ3v) is 5.13. The van der Waals surface area contributed by atoms with Crippen molar-refractivity contribution in [1.82, 2.24) is 15.1 Å². The molecule has 1 heterocycles. The topological polar surface area (TPSA) is 29.9 Å². The summed E-state index contributed by atoms with van der Waals surface area (Å²) in [4.78, 5) is 0. The van der Waals surface area contributed by atoms with Crippen LogP contribution in [0.4, 0.5) is 0 Å². The second kappa shape index (κ2) is 7.98. The molecule has 1 aromatic heterocycles. The Morgan fingerprint density at radius 3 is 2.48 bits per heavy atom. The van der Waals surface area contributed by atoms with Gasteiger partial charge in [0.1, 0.15) is 0 Å². The average Bonchev–Trinajstić information content (AvgIpc) is 2.90. The van der Waals surface area contributed by atoms with Gasteiger partial charge in [0.2, 0.25) is 0 Å². The normalized spacial score (nSPS) is 22.7. The number of aromatic nitrogens is 2. The van der Waals surface area contributed by atoms with E-state index in [1.165, 1.54) is 49.1 Å². The van der Waals surface area contributed by atoms with Gasteiger partial charge in [-0.05, 0) is 38.1 Å². The highest BCUT2D eigenvalue weighted by atomic mass is 15.3. The van der Waals surface area contributed by atoms with Crippen LogP contribution >= 0.6 is 0 Å². The van der Waals surface area contributed by atoms with Gasteiger partial charge in [-0.3, -0.25) is 4.68 Å². The predicted octanol–water partition coefficient (Wildman–Crippen LogP) is 4.26. The number of hydrogen-bond donors (Lipinski definition) is 1. The highest BCUT2D eigenvalue weighted by Gasteiger charge is 2.29. The van der Waals surface area contributed by atoms with Crippen LogP contribution in [0.2, 0.25) is 0 Å². The molecule has 1 aliphatic carbocycles. The van der Waals surface area contributed by atoms with Crippen molar-refractivity contribution >= 4 is 0 Å². The minimum Gasteiger partial charge on any atom is -0.313 e. The first-order valence-electron chi connectivity index (χ1n) is 9.06. The van der Waals surface area contributed by atoms with E-state index in [0.29, 0.717) is 6.04 Å². The zero-order valence-corrected chi connectivity index (χ0v) is 14.4. The van der Waals surface area contributed by atoms with E-state index in [1.807, 2.05) is 0 Å². The number of hydrogen-bond acceptors (Lipinski definition) is 2. The van der Waals surface area contributed by atoms with Crippen LogP contribution < -0.4 is 5.32 Å². The van der Waals surface area contributed by atoms with Gasteiger partial charge in [0, 0.05) is 17.8 Å². The highest BCUT2D eigenvalue weighted by molar-refractivity contribution is 5.27. The molecule has 1 aromatic rings. The second-order valence-electron chi connectivity index (χ2n) is 6.32. The second-order valence-corrected chi connectivity index (χ2v) is 6.32. The monoisotopic (exact) mass is 291 g/mol. The van der Waals surface area contributed by atoms with Gasteiger partial charge < -0.3 is 5.32 Å². The van der Waals surface area contributed by atoms with E-state index in [0.717, 1.165) is 31.8 Å². The van der Waals surface area contributed by atoms with Gasteiger partial charge in [0.05, 0.1) is 11.7 Å². The molecule has 0 spiro atoms. The summed E-state index contributed by atoms with van der Waals surface area (Å²) >= 11 is 0. The quantitative estimate of drug-likeness (QED) is 0.813. The number of rotatable bonds is 7. The Morgan fingerprint density at radius 1 is 1.10 bits per heavy atom. The summed E-state index contributed by atoms with van der Waals surface area (Å²) in [6, 6.07) is 0.638. The SMILES string of the molecule is CCNCc1c(CC)nn(C2CCCCC2CC)c1CC. The van der Waals surface area contributed by atoms with Crippen LogP contribution in [0.5, 0.6) is 0 Å². The molecule has 1 aliphatic rings. The van der Waals surface area contributed by atoms with Crippen LogP contribution in [0, 0.1) is 5.92 Å². The zero-order chi connectivity index (χ0) is 15.2. The summed E-state index contributed by atoms with van der Waals surface area (Å²) in [5, 5.41) is 8.55. The Labute approximate surface area is 130 Å². The molecule has 0 amide bonds. The van der Waals surface area contributed by atoms with Gasteiger partial charge >= 0.3 is 0 Å². The molecule has 0 aliphatic heterocycles. The molecule has 0 radical (unpaired) electrons. The summed E-state index contributed by atoms with van der Waals surface area (Å²) in [7, 11) is 0. The molecule has 2 rings (SSSR count). The lowest BCUT2D eigenvalue weighted by Crippen LogP contribution is -2.25. The van der Waals surface area contributed by atoms with E-state index in [9.17, 15) is 0 Å². The van der Waals surface area contributed by atoms with Gasteiger partial charge in [-0.1, -0.05) is 47.0 Å². The van der Waals surface area contributed by atoms with Crippen LogP contribution in [0.15, 0.2) is 0 Å². The Kier molecular flexibility index (Phi) is 6.28. The van der Waals surface area contributed by atoms with Crippen molar-refractivity contribution in [2.75, 3.05) is 6.54 Å². The van der Waals surface area contributed by atoms with E-state index < -0.39 is 0 Å². The lowest BCUT2D eigenvalue weighted by Gasteiger charge is -2.32. The van der Waals surface area contributed by atoms with Crippen LogP contribution in [-0.4, -0.2) is 16.3 Å². The van der Waals surface area contributed by atoms with E-state index in [-0.39, 0.29) is 0 Å². The Bertz CT molecular complexity index is 436. The standard InChI is InChI=1S/C18H33N3/c1-5-14-11-9-10-12-18(14)21-17(7-3)15(13-19-8-4)16(6-2)20-21/h14,18-19H,5-13H2,1-4H3. The lowest BCUT2D eigenvalue weighted by molar-refractivity contribution is 0.212. The fourth-order valence-corrected chi connectivity index (χ4v) is 3.93. The minimum absolute atomic E-state index is 0.638. The predicted molar refractivity (Wildman–Crippen MR) is 89.6 cm³/mol. The molecule has 2 unspecified atom stereocenters. The Balaban J connectivity index is 2.35. The third kappa shape index (κ3) is 3.50. The van der Waals surface area contributed by atoms with Gasteiger partial charge in [-0.25, -0.2) is 0 Å². The summed E-state index contributed by atoms with van der Waals surface area (Å²) in [6.07, 6.45) is 8.91. The molecule has 1 N–H and O–H groups in total. The molecule has 0 aromatic carbocycles. The summed E-state index contributed by atoms with van der Waals surface area (Å²) < 4.78 is 2.43. The van der Waals surface area contributed by atoms with Crippen LogP contribution in [-0.2, 0) is 19.4 Å². The molecule has 0 saturated heterocycles. The third-order valence-electron chi connectivity index (χ3n) is 5.13. The molecular weight excluding hydrogens is 258 g/mol. The van der Waals surface area contributed by atoms with Gasteiger partial charge in [0.15, 0.2) is 0 Å². The van der Waals surface area contributed by atoms with Gasteiger partial charge in [-0.2, -0.15) is 5.10 Å². The maximum Gasteiger partial charge on any atom is 0.0669 e. The molecule has 2 atom stereocenters. The maximum absolute atomic E-state index is 5.05. The fraction of sp³-hybridized carbons (Fsp3) is 0.833. The largest absolute Gasteiger partial charge is 0.313 e. The van der Waals surface area contributed by atoms with Crippen LogP contribution in [0.3, 0.4) is 0 Å². The number of nitrogens with zero attached hydrogens (tertiary/aromatic N) is 2. The molecular formula is C18H33N3. The van der Waals surface area contributed by atoms with Crippen molar-refractivity contribution < 1.29 is 0 Å². The molecule has 0 bridgehead atoms. The summed E-state index contributed by atoms with van der Waals surface area (Å²) in [5.74, 6) is 0.820. The molecule has 1 saturated carbocycles. The van der Waals surface area contributed by atoms with Crippen molar-refractivity contribution in [3.8, 4) is 0 Å². The minimum atomic E-state index is 0.638. The van der Waals surface area contributed by atoms with Gasteiger partial charge in [0.25, 0.3) is 0 Å². The van der Waals surface area contributed by atoms with E-state index in [4.69, 9.17) is 5.10 Å². The van der Waals surface area contributed by atoms with Crippen molar-refractivity contribution in [3.05, 3.63) is 17.0 Å². The summed E-state index contributed by atoms with van der Waals surface area (Å²) in [5.41, 5.74) is 4.27. The van der Waals surface area contributed by atoms with Crippen LogP contribution in [0.25, 0.3) is 0 Å². The lowest BCUT2D eigenvalue weighted by atomic mass is 9.83. The van der Waals surface area contributed by atoms with E-state index >= 15 is 0 Å².